The third kappa shape index (κ3) is 2.29. The van der Waals surface area contributed by atoms with Gasteiger partial charge in [-0.1, -0.05) is 0 Å². The molecule has 1 aromatic carbocycles. The van der Waals surface area contributed by atoms with Crippen molar-refractivity contribution in [3.05, 3.63) is 27.8 Å². The smallest absolute Gasteiger partial charge is 0.282 e. The van der Waals surface area contributed by atoms with Crippen LogP contribution in [0.3, 0.4) is 0 Å². The molecule has 9 heteroatoms. The van der Waals surface area contributed by atoms with Gasteiger partial charge in [-0.15, -0.1) is 5.10 Å². The number of fused-ring (bicyclic) bond motifs is 1. The van der Waals surface area contributed by atoms with Gasteiger partial charge in [0.1, 0.15) is 0 Å². The molecule has 2 rings (SSSR count). The van der Waals surface area contributed by atoms with E-state index in [1.165, 1.54) is 18.3 Å². The van der Waals surface area contributed by atoms with E-state index >= 15 is 0 Å². The molecule has 0 atom stereocenters. The summed E-state index contributed by atoms with van der Waals surface area (Å²) < 4.78 is 10.2. The first kappa shape index (κ1) is 11.6. The molecule has 9 nitrogen and oxygen atoms in total. The Bertz CT molecular complexity index is 550. The molecule has 0 unspecified atom stereocenters. The first-order chi connectivity index (χ1) is 8.58. The number of benzene rings is 1. The number of guanidine groups is 1. The Labute approximate surface area is 101 Å². The molecule has 0 aliphatic carbocycles. The van der Waals surface area contributed by atoms with E-state index in [0.29, 0.717) is 11.5 Å². The van der Waals surface area contributed by atoms with Gasteiger partial charge in [-0.05, 0) is 6.07 Å². The van der Waals surface area contributed by atoms with E-state index < -0.39 is 4.92 Å². The summed E-state index contributed by atoms with van der Waals surface area (Å²) in [5, 5.41) is 17.8. The molecule has 0 spiro atoms. The van der Waals surface area contributed by atoms with E-state index in [2.05, 4.69) is 10.2 Å². The van der Waals surface area contributed by atoms with Crippen LogP contribution in [0.1, 0.15) is 5.56 Å². The molecule has 1 aliphatic rings. The van der Waals surface area contributed by atoms with E-state index in [1.54, 1.807) is 0 Å². The number of nitrogens with two attached hydrogens (primary N) is 2. The number of ether oxygens (including phenoxy) is 2. The highest BCUT2D eigenvalue weighted by Crippen LogP contribution is 2.37. The molecule has 0 amide bonds. The van der Waals surface area contributed by atoms with Crippen molar-refractivity contribution < 1.29 is 14.4 Å². The second-order valence-corrected chi connectivity index (χ2v) is 3.29. The average Bonchev–Trinajstić information content (AvgIpc) is 2.74. The number of rotatable bonds is 3. The number of hydrogen-bond acceptors (Lipinski definition) is 6. The predicted octanol–water partition coefficient (Wildman–Crippen LogP) is -0.0692. The van der Waals surface area contributed by atoms with Gasteiger partial charge >= 0.3 is 0 Å². The largest absolute Gasteiger partial charge is 0.454 e. The molecule has 0 saturated carbocycles. The fourth-order valence-electron chi connectivity index (χ4n) is 1.37. The molecule has 0 fully saturated rings. The lowest BCUT2D eigenvalue weighted by Gasteiger charge is -1.99. The Hall–Kier alpha value is -2.84. The fraction of sp³-hybridized carbons (Fsp3) is 0.111. The monoisotopic (exact) mass is 251 g/mol. The van der Waals surface area contributed by atoms with Gasteiger partial charge in [0.2, 0.25) is 12.8 Å². The molecule has 18 heavy (non-hydrogen) atoms. The van der Waals surface area contributed by atoms with Crippen LogP contribution >= 0.6 is 0 Å². The molecule has 0 radical (unpaired) electrons. The molecule has 1 aromatic rings. The first-order valence-corrected chi connectivity index (χ1v) is 4.78. The fourth-order valence-corrected chi connectivity index (χ4v) is 1.37. The lowest BCUT2D eigenvalue weighted by molar-refractivity contribution is -0.385. The maximum absolute atomic E-state index is 10.9. The van der Waals surface area contributed by atoms with Crippen molar-refractivity contribution in [2.24, 2.45) is 21.7 Å². The van der Waals surface area contributed by atoms with Gasteiger partial charge in [0.15, 0.2) is 11.5 Å². The van der Waals surface area contributed by atoms with Crippen molar-refractivity contribution in [3.63, 3.8) is 0 Å². The van der Waals surface area contributed by atoms with Crippen LogP contribution in [-0.2, 0) is 0 Å². The Morgan fingerprint density at radius 3 is 2.67 bits per heavy atom. The molecular formula is C9H9N5O4. The second kappa shape index (κ2) is 4.57. The summed E-state index contributed by atoms with van der Waals surface area (Å²) in [6, 6.07) is 2.70. The number of nitro groups is 1. The Morgan fingerprint density at radius 1 is 1.39 bits per heavy atom. The van der Waals surface area contributed by atoms with Crippen molar-refractivity contribution in [1.82, 2.24) is 0 Å². The van der Waals surface area contributed by atoms with Crippen LogP contribution in [0.5, 0.6) is 11.5 Å². The van der Waals surface area contributed by atoms with Gasteiger partial charge in [-0.3, -0.25) is 10.1 Å². The second-order valence-electron chi connectivity index (χ2n) is 3.29. The Morgan fingerprint density at radius 2 is 2.06 bits per heavy atom. The molecular weight excluding hydrogens is 242 g/mol. The molecule has 1 aliphatic heterocycles. The zero-order valence-corrected chi connectivity index (χ0v) is 9.07. The maximum atomic E-state index is 10.9. The highest BCUT2D eigenvalue weighted by Gasteiger charge is 2.22. The van der Waals surface area contributed by atoms with Crippen molar-refractivity contribution in [3.8, 4) is 11.5 Å². The zero-order valence-electron chi connectivity index (χ0n) is 9.07. The van der Waals surface area contributed by atoms with Crippen LogP contribution in [0.15, 0.2) is 22.3 Å². The van der Waals surface area contributed by atoms with Crippen LogP contribution in [0.4, 0.5) is 5.69 Å². The topological polar surface area (TPSA) is 138 Å². The van der Waals surface area contributed by atoms with E-state index in [0.717, 1.165) is 0 Å². The zero-order chi connectivity index (χ0) is 13.1. The Kier molecular flexibility index (Phi) is 2.96. The number of nitro benzene ring substituents is 1. The van der Waals surface area contributed by atoms with Crippen molar-refractivity contribution in [2.75, 3.05) is 6.79 Å². The third-order valence-electron chi connectivity index (χ3n) is 2.09. The Balaban J connectivity index is 2.42. The maximum Gasteiger partial charge on any atom is 0.282 e. The third-order valence-corrected chi connectivity index (χ3v) is 2.09. The van der Waals surface area contributed by atoms with Gasteiger partial charge in [-0.25, -0.2) is 0 Å². The van der Waals surface area contributed by atoms with E-state index in [-0.39, 0.29) is 24.0 Å². The summed E-state index contributed by atoms with van der Waals surface area (Å²) in [5.74, 6) is 0.488. The normalized spacial score (nSPS) is 12.7. The summed E-state index contributed by atoms with van der Waals surface area (Å²) in [6.45, 7) is 0.0288. The molecule has 94 valence electrons. The van der Waals surface area contributed by atoms with E-state index in [4.69, 9.17) is 20.9 Å². The summed E-state index contributed by atoms with van der Waals surface area (Å²) >= 11 is 0. The quantitative estimate of drug-likeness (QED) is 0.333. The number of hydrogen-bond donors (Lipinski definition) is 2. The minimum absolute atomic E-state index is 0.0288. The first-order valence-electron chi connectivity index (χ1n) is 4.78. The average molecular weight is 251 g/mol. The van der Waals surface area contributed by atoms with Crippen LogP contribution in [-0.4, -0.2) is 23.9 Å². The summed E-state index contributed by atoms with van der Waals surface area (Å²) in [7, 11) is 0. The highest BCUT2D eigenvalue weighted by molar-refractivity contribution is 5.87. The van der Waals surface area contributed by atoms with Crippen LogP contribution in [0, 0.1) is 10.1 Å². The van der Waals surface area contributed by atoms with Gasteiger partial charge in [-0.2, -0.15) is 5.10 Å². The van der Waals surface area contributed by atoms with Crippen LogP contribution in [0.25, 0.3) is 0 Å². The molecule has 1 heterocycles. The van der Waals surface area contributed by atoms with Gasteiger partial charge in [0.25, 0.3) is 5.69 Å². The predicted molar refractivity (Wildman–Crippen MR) is 62.6 cm³/mol. The molecule has 0 saturated heterocycles. The van der Waals surface area contributed by atoms with Crippen molar-refractivity contribution in [1.29, 1.82) is 0 Å². The van der Waals surface area contributed by atoms with Crippen LogP contribution < -0.4 is 20.9 Å². The molecule has 0 aromatic heterocycles. The van der Waals surface area contributed by atoms with Crippen LogP contribution in [0.2, 0.25) is 0 Å². The van der Waals surface area contributed by atoms with Crippen molar-refractivity contribution in [2.45, 2.75) is 0 Å². The molecule has 4 N–H and O–H groups in total. The van der Waals surface area contributed by atoms with Gasteiger partial charge in [0, 0.05) is 0 Å². The number of nitrogens with zero attached hydrogens (tertiary/aromatic N) is 3. The summed E-state index contributed by atoms with van der Waals surface area (Å²) in [6.07, 6.45) is 1.17. The summed E-state index contributed by atoms with van der Waals surface area (Å²) in [5.41, 5.74) is 10.2. The lowest BCUT2D eigenvalue weighted by atomic mass is 10.1. The minimum atomic E-state index is -0.557. The van der Waals surface area contributed by atoms with Gasteiger partial charge < -0.3 is 20.9 Å². The SMILES string of the molecule is NC(N)=NN=Cc1cc2c(cc1[N+](=O)[O-])OCO2. The standard InChI is InChI=1S/C9H9N5O4/c10-9(11)13-12-3-5-1-7-8(18-4-17-7)2-6(5)14(15)16/h1-3H,4H2,(H4,10,11,13). The van der Waals surface area contributed by atoms with E-state index in [1.807, 2.05) is 0 Å². The minimum Gasteiger partial charge on any atom is -0.454 e. The highest BCUT2D eigenvalue weighted by atomic mass is 16.7. The van der Waals surface area contributed by atoms with E-state index in [9.17, 15) is 10.1 Å². The van der Waals surface area contributed by atoms with Crippen molar-refractivity contribution >= 4 is 17.9 Å². The lowest BCUT2D eigenvalue weighted by Crippen LogP contribution is -2.21. The molecule has 0 bridgehead atoms. The summed E-state index contributed by atoms with van der Waals surface area (Å²) in [4.78, 5) is 10.3. The van der Waals surface area contributed by atoms with Gasteiger partial charge in [0.05, 0.1) is 22.8 Å².